The first kappa shape index (κ1) is 20.8. The van der Waals surface area contributed by atoms with Crippen LogP contribution in [-0.4, -0.2) is 48.0 Å². The van der Waals surface area contributed by atoms with Crippen LogP contribution >= 0.6 is 0 Å². The highest BCUT2D eigenvalue weighted by molar-refractivity contribution is 5.87. The second-order valence-electron chi connectivity index (χ2n) is 5.11. The van der Waals surface area contributed by atoms with Gasteiger partial charge < -0.3 is 27.2 Å². The summed E-state index contributed by atoms with van der Waals surface area (Å²) in [5, 5.41) is 22.0. The quantitative estimate of drug-likeness (QED) is 0.126. The van der Waals surface area contributed by atoms with E-state index in [-0.39, 0.29) is 50.0 Å². The minimum absolute atomic E-state index is 0.00393. The lowest BCUT2D eigenvalue weighted by Crippen LogP contribution is -2.38. The van der Waals surface area contributed by atoms with E-state index >= 15 is 0 Å². The van der Waals surface area contributed by atoms with E-state index in [4.69, 9.17) is 16.9 Å². The smallest absolute Gasteiger partial charge is 0.244 e. The molecule has 0 radical (unpaired) electrons. The molecule has 0 aliphatic carbocycles. The molecule has 8 N–H and O–H groups in total. The Morgan fingerprint density at radius 2 is 2.00 bits per heavy atom. The summed E-state index contributed by atoms with van der Waals surface area (Å²) in [6, 6.07) is -0.516. The number of nitrogens with one attached hydrogen (secondary N) is 3. The maximum Gasteiger partial charge on any atom is 0.244 e. The number of aliphatic hydroxyl groups is 1. The number of amidine groups is 1. The molecule has 0 saturated heterocycles. The molecule has 0 spiro atoms. The first-order valence-corrected chi connectivity index (χ1v) is 7.45. The van der Waals surface area contributed by atoms with E-state index in [1.54, 1.807) is 18.2 Å². The van der Waals surface area contributed by atoms with Crippen molar-refractivity contribution in [2.75, 3.05) is 13.1 Å². The highest BCUT2D eigenvalue weighted by Gasteiger charge is 2.14. The molecule has 0 aromatic carbocycles. The normalized spacial score (nSPS) is 13.9. The molecule has 0 aromatic rings. The zero-order valence-corrected chi connectivity index (χ0v) is 13.4. The summed E-state index contributed by atoms with van der Waals surface area (Å²) < 4.78 is 0. The lowest BCUT2D eigenvalue weighted by Gasteiger charge is -2.16. The fourth-order valence-corrected chi connectivity index (χ4v) is 1.69. The standard InChI is InChI=1S/C15H27N5O3/c1-2-3-4-5-14(22)20-10-12(21)8-11(16)9-15(23)19-7-6-13(17)18/h2-5,11-12,21H,6-10,16H2,1H3,(H3,17,18)(H,19,23)(H,20,22)/b3-2+,5-4+/t11-,12-/m0/s1. The summed E-state index contributed by atoms with van der Waals surface area (Å²) in [4.78, 5) is 23.0. The molecule has 8 nitrogen and oxygen atoms in total. The van der Waals surface area contributed by atoms with Crippen molar-refractivity contribution >= 4 is 17.6 Å². The summed E-state index contributed by atoms with van der Waals surface area (Å²) in [6.45, 7) is 2.19. The van der Waals surface area contributed by atoms with E-state index in [1.165, 1.54) is 6.08 Å². The van der Waals surface area contributed by atoms with E-state index in [2.05, 4.69) is 10.6 Å². The molecule has 0 aliphatic heterocycles. The van der Waals surface area contributed by atoms with Gasteiger partial charge in [-0.1, -0.05) is 18.2 Å². The van der Waals surface area contributed by atoms with Crippen LogP contribution in [0.5, 0.6) is 0 Å². The van der Waals surface area contributed by atoms with Gasteiger partial charge in [-0.25, -0.2) is 0 Å². The molecule has 0 bridgehead atoms. The molecule has 8 heteroatoms. The Bertz CT molecular complexity index is 448. The van der Waals surface area contributed by atoms with Gasteiger partial charge in [-0.3, -0.25) is 15.0 Å². The average Bonchev–Trinajstić information content (AvgIpc) is 2.44. The SMILES string of the molecule is C/C=C/C=C/C(=O)NC[C@@H](O)C[C@H](N)CC(=O)NCCC(=N)N. The minimum atomic E-state index is -0.825. The molecule has 2 atom stereocenters. The summed E-state index contributed by atoms with van der Waals surface area (Å²) in [6.07, 6.45) is 6.18. The third kappa shape index (κ3) is 13.2. The fourth-order valence-electron chi connectivity index (χ4n) is 1.69. The zero-order chi connectivity index (χ0) is 17.7. The van der Waals surface area contributed by atoms with Crippen molar-refractivity contribution in [2.24, 2.45) is 11.5 Å². The van der Waals surface area contributed by atoms with Crippen LogP contribution in [0, 0.1) is 5.41 Å². The van der Waals surface area contributed by atoms with Crippen LogP contribution in [0.15, 0.2) is 24.3 Å². The fraction of sp³-hybridized carbons (Fsp3) is 0.533. The van der Waals surface area contributed by atoms with Gasteiger partial charge in [0, 0.05) is 38.0 Å². The maximum atomic E-state index is 11.6. The molecular formula is C15H27N5O3. The Hall–Kier alpha value is -2.19. The number of rotatable bonds is 11. The molecule has 0 unspecified atom stereocenters. The third-order valence-corrected chi connectivity index (χ3v) is 2.80. The molecule has 0 aliphatic rings. The van der Waals surface area contributed by atoms with Crippen LogP contribution in [0.1, 0.15) is 26.2 Å². The lowest BCUT2D eigenvalue weighted by molar-refractivity contribution is -0.121. The predicted molar refractivity (Wildman–Crippen MR) is 89.7 cm³/mol. The first-order valence-electron chi connectivity index (χ1n) is 7.45. The Kier molecular flexibility index (Phi) is 11.2. The van der Waals surface area contributed by atoms with Gasteiger partial charge in [0.05, 0.1) is 11.9 Å². The highest BCUT2D eigenvalue weighted by Crippen LogP contribution is 2.00. The van der Waals surface area contributed by atoms with Crippen LogP contribution < -0.4 is 22.1 Å². The van der Waals surface area contributed by atoms with E-state index < -0.39 is 12.1 Å². The molecule has 2 amide bonds. The van der Waals surface area contributed by atoms with Crippen LogP contribution in [0.25, 0.3) is 0 Å². The van der Waals surface area contributed by atoms with Crippen LogP contribution in [0.2, 0.25) is 0 Å². The first-order chi connectivity index (χ1) is 10.8. The number of carbonyl (C=O) groups is 2. The summed E-state index contributed by atoms with van der Waals surface area (Å²) in [5.41, 5.74) is 11.0. The van der Waals surface area contributed by atoms with Crippen molar-refractivity contribution in [3.63, 3.8) is 0 Å². The van der Waals surface area contributed by atoms with Crippen LogP contribution in [0.3, 0.4) is 0 Å². The number of aliphatic hydroxyl groups excluding tert-OH is 1. The second-order valence-corrected chi connectivity index (χ2v) is 5.11. The average molecular weight is 325 g/mol. The highest BCUT2D eigenvalue weighted by atomic mass is 16.3. The summed E-state index contributed by atoms with van der Waals surface area (Å²) >= 11 is 0. The van der Waals surface area contributed by atoms with E-state index in [0.29, 0.717) is 0 Å². The number of nitrogens with two attached hydrogens (primary N) is 2. The van der Waals surface area contributed by atoms with Gasteiger partial charge in [-0.15, -0.1) is 0 Å². The van der Waals surface area contributed by atoms with Gasteiger partial charge in [0.25, 0.3) is 0 Å². The van der Waals surface area contributed by atoms with Crippen molar-refractivity contribution in [1.29, 1.82) is 5.41 Å². The van der Waals surface area contributed by atoms with Crippen molar-refractivity contribution in [3.8, 4) is 0 Å². The molecule has 0 rings (SSSR count). The number of hydrogen-bond donors (Lipinski definition) is 6. The molecule has 0 saturated carbocycles. The zero-order valence-electron chi connectivity index (χ0n) is 13.4. The molecule has 23 heavy (non-hydrogen) atoms. The van der Waals surface area contributed by atoms with Crippen molar-refractivity contribution in [3.05, 3.63) is 24.3 Å². The molecule has 0 fully saturated rings. The second kappa shape index (κ2) is 12.4. The number of hydrogen-bond acceptors (Lipinski definition) is 5. The van der Waals surface area contributed by atoms with Crippen LogP contribution in [0.4, 0.5) is 0 Å². The Balaban J connectivity index is 3.91. The summed E-state index contributed by atoms with van der Waals surface area (Å²) in [7, 11) is 0. The topological polar surface area (TPSA) is 154 Å². The van der Waals surface area contributed by atoms with Gasteiger partial charge in [-0.05, 0) is 13.3 Å². The number of carbonyl (C=O) groups excluding carboxylic acids is 2. The van der Waals surface area contributed by atoms with E-state index in [9.17, 15) is 14.7 Å². The van der Waals surface area contributed by atoms with Crippen molar-refractivity contribution in [1.82, 2.24) is 10.6 Å². The number of amides is 2. The van der Waals surface area contributed by atoms with Gasteiger partial charge in [0.15, 0.2) is 0 Å². The van der Waals surface area contributed by atoms with Gasteiger partial charge in [0.2, 0.25) is 11.8 Å². The van der Waals surface area contributed by atoms with E-state index in [0.717, 1.165) is 0 Å². The van der Waals surface area contributed by atoms with Gasteiger partial charge in [0.1, 0.15) is 0 Å². The van der Waals surface area contributed by atoms with Crippen LogP contribution in [-0.2, 0) is 9.59 Å². The largest absolute Gasteiger partial charge is 0.391 e. The monoisotopic (exact) mass is 325 g/mol. The van der Waals surface area contributed by atoms with Gasteiger partial charge >= 0.3 is 0 Å². The van der Waals surface area contributed by atoms with Gasteiger partial charge in [-0.2, -0.15) is 0 Å². The lowest BCUT2D eigenvalue weighted by atomic mass is 10.1. The maximum absolute atomic E-state index is 11.6. The Morgan fingerprint density at radius 3 is 2.61 bits per heavy atom. The minimum Gasteiger partial charge on any atom is -0.391 e. The molecule has 0 heterocycles. The predicted octanol–water partition coefficient (Wildman–Crippen LogP) is -0.854. The third-order valence-electron chi connectivity index (χ3n) is 2.80. The van der Waals surface area contributed by atoms with E-state index in [1.807, 2.05) is 6.92 Å². The molecule has 130 valence electrons. The van der Waals surface area contributed by atoms with Crippen molar-refractivity contribution < 1.29 is 14.7 Å². The molecular weight excluding hydrogens is 298 g/mol. The number of allylic oxidation sites excluding steroid dienone is 3. The molecule has 0 aromatic heterocycles. The Labute approximate surface area is 136 Å². The van der Waals surface area contributed by atoms with Crippen molar-refractivity contribution in [2.45, 2.75) is 38.3 Å². The summed E-state index contributed by atoms with van der Waals surface area (Å²) in [5.74, 6) is -0.564. The Morgan fingerprint density at radius 1 is 1.30 bits per heavy atom.